The number of hydrogen-bond donors (Lipinski definition) is 8. The standard InChI is InChI=1S/C61H78N2O12/c1-7-31-28-62-29-32(31)22-34-11-12-38-39-23-33(10-8-21-64)58-26-36-14-18-55-17-13-35-24-40-57-16-9-15-53(4,49(57)63-50(58)70)25-37(30-73-6)56(57,51(71)72)19-20-59(40,58)54(39,5)60(35,36)61(34,55)46(38)52(2,3)41(27-55)74-48-44(67)42(65)43(66)45(75-48)47(68)69/h9,11-12,14,16,18,24,26,28-29,33-35,37-39,41-46,48-49,62,64-67H,7-8,10,13,15,17,19-23,25,27,30H2,1-6H3,(H,63,70)(H,68,69)(H,71,72). The topological polar surface area (TPSA) is 228 Å². The molecule has 1 aromatic rings. The van der Waals surface area contributed by atoms with Crippen LogP contribution in [0.15, 0.2) is 72.1 Å². The molecule has 3 heterocycles. The highest BCUT2D eigenvalue weighted by atomic mass is 16.7. The maximum Gasteiger partial charge on any atom is 0.335 e. The number of aryl methyl sites for hydroxylation is 1. The lowest BCUT2D eigenvalue weighted by Crippen LogP contribution is -2.89. The van der Waals surface area contributed by atoms with E-state index in [1.807, 2.05) is 0 Å². The van der Waals surface area contributed by atoms with Crippen LogP contribution < -0.4 is 5.32 Å². The van der Waals surface area contributed by atoms with Crippen molar-refractivity contribution in [2.24, 2.45) is 95.6 Å². The quantitative estimate of drug-likeness (QED) is 0.0836. The van der Waals surface area contributed by atoms with Gasteiger partial charge in [0.2, 0.25) is 5.91 Å². The second-order valence-electron chi connectivity index (χ2n) is 27.5. The maximum atomic E-state index is 17.0. The molecule has 14 nitrogen and oxygen atoms in total. The number of allylic oxidation sites excluding steroid dienone is 7. The first-order valence-corrected chi connectivity index (χ1v) is 28.6. The van der Waals surface area contributed by atoms with Gasteiger partial charge in [-0.25, -0.2) is 4.79 Å². The molecule has 23 unspecified atom stereocenters. The molecule has 14 heteroatoms. The summed E-state index contributed by atoms with van der Waals surface area (Å²) in [7, 11) is 1.69. The Labute approximate surface area is 439 Å². The Hall–Kier alpha value is -3.89. The number of aliphatic carboxylic acids is 2. The van der Waals surface area contributed by atoms with Crippen molar-refractivity contribution in [3.63, 3.8) is 0 Å². The fraction of sp³-hybridized carbons (Fsp3) is 0.721. The van der Waals surface area contributed by atoms with E-state index in [9.17, 15) is 35.4 Å². The van der Waals surface area contributed by atoms with Gasteiger partial charge in [-0.3, -0.25) is 9.59 Å². The van der Waals surface area contributed by atoms with Crippen LogP contribution in [0.1, 0.15) is 110 Å². The van der Waals surface area contributed by atoms with Crippen LogP contribution in [0.4, 0.5) is 0 Å². The van der Waals surface area contributed by atoms with Gasteiger partial charge in [0, 0.05) is 59.7 Å². The van der Waals surface area contributed by atoms with E-state index in [1.165, 1.54) is 22.3 Å². The molecule has 0 radical (unpaired) electrons. The molecule has 1 aromatic heterocycles. The Kier molecular flexibility index (Phi) is 10.1. The molecule has 0 aromatic carbocycles. The van der Waals surface area contributed by atoms with Crippen molar-refractivity contribution in [1.29, 1.82) is 0 Å². The van der Waals surface area contributed by atoms with Crippen molar-refractivity contribution >= 4 is 17.8 Å². The highest BCUT2D eigenvalue weighted by Crippen LogP contribution is 2.98. The number of carbonyl (C=O) groups is 3. The van der Waals surface area contributed by atoms with Gasteiger partial charge in [-0.1, -0.05) is 88.8 Å². The molecule has 8 fully saturated rings. The zero-order valence-electron chi connectivity index (χ0n) is 44.4. The SMILES string of the molecule is CCc1c[nH]cc1CC1C=CC2C3CC(CCCO)C45C=C6C=CC78CCC9C=C%10C%11%12C=CCC(C)(CC(COC)C%11(C(=O)O)CCC%104C3(C)C69C17C2C(C)(C)C(OC1OC(C(=O)O)C(O)C(O)C1O)C8)C%12NC5=O. The van der Waals surface area contributed by atoms with E-state index in [0.717, 1.165) is 32.1 Å². The van der Waals surface area contributed by atoms with Crippen molar-refractivity contribution in [3.05, 3.63) is 83.3 Å². The lowest BCUT2D eigenvalue weighted by atomic mass is 9.10. The molecule has 13 aliphatic rings. The predicted octanol–water partition coefficient (Wildman–Crippen LogP) is 6.45. The lowest BCUT2D eigenvalue weighted by Gasteiger charge is -2.92. The molecule has 404 valence electrons. The molecule has 4 spiro atoms. The summed E-state index contributed by atoms with van der Waals surface area (Å²) in [5.41, 5.74) is -2.63. The predicted molar refractivity (Wildman–Crippen MR) is 273 cm³/mol. The number of methoxy groups -OCH3 is 1. The number of aliphatic hydroxyl groups excluding tert-OH is 4. The Balaban J connectivity index is 1.09. The number of amides is 1. The zero-order valence-corrected chi connectivity index (χ0v) is 44.4. The molecular formula is C61H78N2O12. The minimum Gasteiger partial charge on any atom is -0.481 e. The summed E-state index contributed by atoms with van der Waals surface area (Å²) in [6, 6.07) is -0.476. The molecule has 8 N–H and O–H groups in total. The van der Waals surface area contributed by atoms with Gasteiger partial charge in [-0.15, -0.1) is 0 Å². The molecule has 2 aliphatic heterocycles. The summed E-state index contributed by atoms with van der Waals surface area (Å²) >= 11 is 0. The second kappa shape index (κ2) is 15.3. The van der Waals surface area contributed by atoms with Crippen LogP contribution in [0.25, 0.3) is 0 Å². The molecular weight excluding hydrogens is 953 g/mol. The number of aliphatic hydroxyl groups is 4. The first kappa shape index (κ1) is 49.4. The minimum absolute atomic E-state index is 0.00399. The van der Waals surface area contributed by atoms with Gasteiger partial charge in [0.1, 0.15) is 18.3 Å². The fourth-order valence-electron chi connectivity index (χ4n) is 24.1. The largest absolute Gasteiger partial charge is 0.481 e. The Morgan fingerprint density at radius 2 is 1.72 bits per heavy atom. The number of ether oxygens (including phenoxy) is 3. The van der Waals surface area contributed by atoms with Gasteiger partial charge in [0.25, 0.3) is 0 Å². The van der Waals surface area contributed by atoms with Gasteiger partial charge in [-0.05, 0) is 151 Å². The van der Waals surface area contributed by atoms with Gasteiger partial charge in [0.15, 0.2) is 12.4 Å². The number of nitrogens with one attached hydrogen (secondary N) is 2. The fourth-order valence-corrected chi connectivity index (χ4v) is 24.1. The number of fused-ring (bicyclic) bond motifs is 1. The number of carboxylic acids is 2. The Morgan fingerprint density at radius 3 is 2.45 bits per heavy atom. The van der Waals surface area contributed by atoms with Crippen molar-refractivity contribution < 1.29 is 59.2 Å². The van der Waals surface area contributed by atoms with Crippen LogP contribution in [0.2, 0.25) is 0 Å². The molecule has 11 aliphatic carbocycles. The van der Waals surface area contributed by atoms with Crippen LogP contribution in [0.3, 0.4) is 0 Å². The summed E-state index contributed by atoms with van der Waals surface area (Å²) in [6.45, 7) is 12.0. The van der Waals surface area contributed by atoms with E-state index in [1.54, 1.807) is 7.11 Å². The van der Waals surface area contributed by atoms with Gasteiger partial charge in [-0.2, -0.15) is 0 Å². The van der Waals surface area contributed by atoms with E-state index >= 15 is 9.59 Å². The third kappa shape index (κ3) is 4.88. The zero-order chi connectivity index (χ0) is 52.6. The number of aromatic amines is 1. The molecule has 23 atom stereocenters. The van der Waals surface area contributed by atoms with E-state index in [0.29, 0.717) is 51.6 Å². The van der Waals surface area contributed by atoms with Crippen LogP contribution in [-0.4, -0.2) is 117 Å². The minimum atomic E-state index is -1.85. The van der Waals surface area contributed by atoms with E-state index in [-0.39, 0.29) is 53.9 Å². The van der Waals surface area contributed by atoms with Crippen LogP contribution in [0, 0.1) is 95.6 Å². The van der Waals surface area contributed by atoms with Crippen LogP contribution >= 0.6 is 0 Å². The average molecular weight is 1030 g/mol. The van der Waals surface area contributed by atoms with Crippen LogP contribution in [0.5, 0.6) is 0 Å². The summed E-state index contributed by atoms with van der Waals surface area (Å²) in [5.74, 6) is -2.96. The maximum absolute atomic E-state index is 17.0. The van der Waals surface area contributed by atoms with E-state index < -0.39 is 109 Å². The lowest BCUT2D eigenvalue weighted by molar-refractivity contribution is -0.404. The third-order valence-corrected chi connectivity index (χ3v) is 25.8. The molecule has 1 amide bonds. The van der Waals surface area contributed by atoms with Crippen molar-refractivity contribution in [3.8, 4) is 0 Å². The highest BCUT2D eigenvalue weighted by molar-refractivity contribution is 5.93. The molecule has 6 saturated carbocycles. The summed E-state index contributed by atoms with van der Waals surface area (Å²) in [5, 5.41) is 70.9. The smallest absolute Gasteiger partial charge is 0.335 e. The number of hydrogen-bond acceptors (Lipinski definition) is 10. The second-order valence-corrected chi connectivity index (χ2v) is 27.5. The molecule has 2 saturated heterocycles. The Bertz CT molecular complexity index is 2850. The first-order valence-electron chi connectivity index (χ1n) is 28.6. The van der Waals surface area contributed by atoms with Crippen molar-refractivity contribution in [2.75, 3.05) is 20.3 Å². The summed E-state index contributed by atoms with van der Waals surface area (Å²) < 4.78 is 19.2. The van der Waals surface area contributed by atoms with Crippen molar-refractivity contribution in [1.82, 2.24) is 10.3 Å². The molecule has 9 bridgehead atoms. The number of rotatable bonds is 12. The third-order valence-electron chi connectivity index (χ3n) is 25.8. The summed E-state index contributed by atoms with van der Waals surface area (Å²) in [4.78, 5) is 48.0. The number of aromatic nitrogens is 1. The number of carboxylic acid groups (broad SMARTS) is 2. The molecule has 75 heavy (non-hydrogen) atoms. The Morgan fingerprint density at radius 1 is 0.933 bits per heavy atom. The van der Waals surface area contributed by atoms with E-state index in [2.05, 4.69) is 106 Å². The van der Waals surface area contributed by atoms with Gasteiger partial charge < -0.3 is 55.2 Å². The monoisotopic (exact) mass is 1030 g/mol. The molecule has 14 rings (SSSR count). The average Bonchev–Trinajstić information content (AvgIpc) is 3.99. The van der Waals surface area contributed by atoms with Crippen LogP contribution in [-0.2, 0) is 41.4 Å². The summed E-state index contributed by atoms with van der Waals surface area (Å²) in [6.07, 6.45) is 22.6. The first-order chi connectivity index (χ1) is 35.7. The number of H-pyrrole nitrogens is 1. The van der Waals surface area contributed by atoms with Crippen molar-refractivity contribution in [2.45, 2.75) is 155 Å². The van der Waals surface area contributed by atoms with Gasteiger partial charge in [0.05, 0.1) is 23.5 Å². The van der Waals surface area contributed by atoms with Gasteiger partial charge >= 0.3 is 11.9 Å². The number of carbonyl (C=O) groups excluding carboxylic acids is 1. The normalized spacial score (nSPS) is 53.8. The highest BCUT2D eigenvalue weighted by Gasteiger charge is 2.96. The van der Waals surface area contributed by atoms with E-state index in [4.69, 9.17) is 14.2 Å².